The zero-order chi connectivity index (χ0) is 17.3. The molecule has 7 nitrogen and oxygen atoms in total. The molecule has 1 saturated heterocycles. The van der Waals surface area contributed by atoms with Crippen molar-refractivity contribution in [2.75, 3.05) is 48.3 Å². The van der Waals surface area contributed by atoms with Gasteiger partial charge in [0.2, 0.25) is 16.1 Å². The first-order valence-electron chi connectivity index (χ1n) is 6.99. The number of nitrogens with zero attached hydrogens (tertiary/aromatic N) is 6. The summed E-state index contributed by atoms with van der Waals surface area (Å²) >= 11 is 3.92. The second kappa shape index (κ2) is 6.67. The van der Waals surface area contributed by atoms with E-state index in [2.05, 4.69) is 41.4 Å². The molecule has 1 aliphatic heterocycles. The van der Waals surface area contributed by atoms with Gasteiger partial charge in [0.05, 0.1) is 4.47 Å². The van der Waals surface area contributed by atoms with Crippen molar-refractivity contribution < 1.29 is 13.2 Å². The minimum absolute atomic E-state index is 0.287. The van der Waals surface area contributed by atoms with Crippen LogP contribution < -0.4 is 15.1 Å². The van der Waals surface area contributed by atoms with Gasteiger partial charge in [-0.3, -0.25) is 0 Å². The topological polar surface area (TPSA) is 70.1 Å². The molecule has 1 N–H and O–H groups in total. The highest BCUT2D eigenvalue weighted by Gasteiger charge is 2.36. The molecule has 1 aliphatic rings. The van der Waals surface area contributed by atoms with E-state index in [0.717, 1.165) is 4.47 Å². The van der Waals surface area contributed by atoms with E-state index in [4.69, 9.17) is 0 Å². The van der Waals surface area contributed by atoms with E-state index >= 15 is 0 Å². The molecule has 0 saturated carbocycles. The number of alkyl halides is 3. The lowest BCUT2D eigenvalue weighted by molar-refractivity contribution is -0.138. The second-order valence-electron chi connectivity index (χ2n) is 4.98. The van der Waals surface area contributed by atoms with Crippen molar-refractivity contribution in [3.63, 3.8) is 0 Å². The summed E-state index contributed by atoms with van der Waals surface area (Å²) in [6.45, 7) is 2.24. The van der Waals surface area contributed by atoms with Crippen molar-refractivity contribution in [1.29, 1.82) is 0 Å². The predicted molar refractivity (Wildman–Crippen MR) is 88.6 cm³/mol. The summed E-state index contributed by atoms with van der Waals surface area (Å²) in [5.41, 5.74) is 0. The van der Waals surface area contributed by atoms with E-state index in [1.165, 1.54) is 0 Å². The average molecular weight is 424 g/mol. The maximum absolute atomic E-state index is 12.6. The summed E-state index contributed by atoms with van der Waals surface area (Å²) in [6, 6.07) is 0. The second-order valence-corrected chi connectivity index (χ2v) is 6.79. The van der Waals surface area contributed by atoms with Gasteiger partial charge in [-0.1, -0.05) is 11.3 Å². The van der Waals surface area contributed by atoms with E-state index in [9.17, 15) is 13.2 Å². The van der Waals surface area contributed by atoms with Crippen LogP contribution in [0.2, 0.25) is 0 Å². The Labute approximate surface area is 148 Å². The van der Waals surface area contributed by atoms with Gasteiger partial charge in [0.15, 0.2) is 0 Å². The van der Waals surface area contributed by atoms with E-state index in [1.807, 2.05) is 4.90 Å². The van der Waals surface area contributed by atoms with Crippen molar-refractivity contribution in [2.45, 2.75) is 6.18 Å². The number of aromatic nitrogens is 4. The van der Waals surface area contributed by atoms with Crippen molar-refractivity contribution in [1.82, 2.24) is 20.2 Å². The summed E-state index contributed by atoms with van der Waals surface area (Å²) in [5.74, 6) is 1.26. The molecule has 0 aromatic carbocycles. The summed E-state index contributed by atoms with van der Waals surface area (Å²) in [7, 11) is 1.77. The van der Waals surface area contributed by atoms with Crippen molar-refractivity contribution in [2.24, 2.45) is 0 Å². The smallest absolute Gasteiger partial charge is 0.372 e. The van der Waals surface area contributed by atoms with Gasteiger partial charge in [-0.05, 0) is 15.9 Å². The number of anilines is 3. The quantitative estimate of drug-likeness (QED) is 0.812. The maximum Gasteiger partial charge on any atom is 0.445 e. The third kappa shape index (κ3) is 3.53. The highest BCUT2D eigenvalue weighted by atomic mass is 79.9. The van der Waals surface area contributed by atoms with Gasteiger partial charge in [0.25, 0.3) is 0 Å². The van der Waals surface area contributed by atoms with Crippen LogP contribution in [0.15, 0.2) is 10.7 Å². The first-order valence-corrected chi connectivity index (χ1v) is 8.60. The Hall–Kier alpha value is -1.69. The molecular formula is C12H13BrF3N7S. The summed E-state index contributed by atoms with van der Waals surface area (Å²) in [6.07, 6.45) is -2.78. The number of halogens is 4. The Morgan fingerprint density at radius 2 is 1.83 bits per heavy atom. The Morgan fingerprint density at radius 1 is 1.17 bits per heavy atom. The molecule has 0 spiro atoms. The van der Waals surface area contributed by atoms with Gasteiger partial charge in [0.1, 0.15) is 5.82 Å². The Balaban J connectivity index is 1.66. The Bertz CT molecular complexity index is 715. The van der Waals surface area contributed by atoms with Gasteiger partial charge in [0, 0.05) is 39.4 Å². The van der Waals surface area contributed by atoms with Crippen LogP contribution in [-0.4, -0.2) is 53.4 Å². The SMILES string of the molecule is CNc1nc(N2CCN(c3nnc(C(F)(F)F)s3)CC2)ncc1Br. The van der Waals surface area contributed by atoms with Crippen molar-refractivity contribution in [3.05, 3.63) is 15.7 Å². The fourth-order valence-corrected chi connectivity index (χ4v) is 3.39. The molecule has 12 heteroatoms. The molecule has 0 atom stereocenters. The third-order valence-corrected chi connectivity index (χ3v) is 5.07. The molecule has 0 aliphatic carbocycles. The largest absolute Gasteiger partial charge is 0.445 e. The zero-order valence-electron chi connectivity index (χ0n) is 12.5. The van der Waals surface area contributed by atoms with Crippen LogP contribution in [0.3, 0.4) is 0 Å². The van der Waals surface area contributed by atoms with Gasteiger partial charge in [-0.2, -0.15) is 18.2 Å². The molecule has 2 aromatic heterocycles. The number of hydrogen-bond donors (Lipinski definition) is 1. The van der Waals surface area contributed by atoms with Crippen LogP contribution in [0.1, 0.15) is 5.01 Å². The fourth-order valence-electron chi connectivity index (χ4n) is 2.24. The van der Waals surface area contributed by atoms with Crippen LogP contribution in [0.5, 0.6) is 0 Å². The minimum Gasteiger partial charge on any atom is -0.372 e. The van der Waals surface area contributed by atoms with Crippen molar-refractivity contribution >= 4 is 44.2 Å². The van der Waals surface area contributed by atoms with Crippen molar-refractivity contribution in [3.8, 4) is 0 Å². The van der Waals surface area contributed by atoms with Gasteiger partial charge >= 0.3 is 6.18 Å². The van der Waals surface area contributed by atoms with Gasteiger partial charge < -0.3 is 15.1 Å². The van der Waals surface area contributed by atoms with E-state index in [0.29, 0.717) is 49.3 Å². The predicted octanol–water partition coefficient (Wildman–Crippen LogP) is 2.48. The first kappa shape index (κ1) is 17.1. The summed E-state index contributed by atoms with van der Waals surface area (Å²) < 4.78 is 38.6. The zero-order valence-corrected chi connectivity index (χ0v) is 14.9. The highest BCUT2D eigenvalue weighted by molar-refractivity contribution is 9.10. The maximum atomic E-state index is 12.6. The minimum atomic E-state index is -4.45. The lowest BCUT2D eigenvalue weighted by Crippen LogP contribution is -2.47. The Morgan fingerprint density at radius 3 is 2.42 bits per heavy atom. The molecule has 2 aromatic rings. The fraction of sp³-hybridized carbons (Fsp3) is 0.500. The van der Waals surface area contributed by atoms with E-state index in [1.54, 1.807) is 18.1 Å². The summed E-state index contributed by atoms with van der Waals surface area (Å²) in [5, 5.41) is 9.21. The van der Waals surface area contributed by atoms with Crippen LogP contribution >= 0.6 is 27.3 Å². The van der Waals surface area contributed by atoms with Crippen LogP contribution in [0, 0.1) is 0 Å². The number of piperazine rings is 1. The average Bonchev–Trinajstić information content (AvgIpc) is 3.06. The molecule has 0 radical (unpaired) electrons. The van der Waals surface area contributed by atoms with Crippen LogP contribution in [-0.2, 0) is 6.18 Å². The molecule has 3 rings (SSSR count). The van der Waals surface area contributed by atoms with Crippen LogP contribution in [0.4, 0.5) is 30.1 Å². The number of hydrogen-bond acceptors (Lipinski definition) is 8. The molecule has 3 heterocycles. The molecule has 24 heavy (non-hydrogen) atoms. The monoisotopic (exact) mass is 423 g/mol. The van der Waals surface area contributed by atoms with Gasteiger partial charge in [-0.25, -0.2) is 4.98 Å². The van der Waals surface area contributed by atoms with E-state index < -0.39 is 11.2 Å². The molecule has 1 fully saturated rings. The Kier molecular flexibility index (Phi) is 4.76. The molecule has 130 valence electrons. The molecule has 0 amide bonds. The highest BCUT2D eigenvalue weighted by Crippen LogP contribution is 2.34. The molecule has 0 bridgehead atoms. The number of nitrogens with one attached hydrogen (secondary N) is 1. The first-order chi connectivity index (χ1) is 11.4. The normalized spacial score (nSPS) is 15.7. The van der Waals surface area contributed by atoms with Crippen LogP contribution in [0.25, 0.3) is 0 Å². The van der Waals surface area contributed by atoms with Gasteiger partial charge in [-0.15, -0.1) is 10.2 Å². The van der Waals surface area contributed by atoms with E-state index in [-0.39, 0.29) is 5.13 Å². The lowest BCUT2D eigenvalue weighted by atomic mass is 10.3. The lowest BCUT2D eigenvalue weighted by Gasteiger charge is -2.34. The standard InChI is InChI=1S/C12H13BrF3N7S/c1-17-8-7(13)6-18-10(19-8)22-2-4-23(5-3-22)11-21-20-9(24-11)12(14,15)16/h6H,2-5H2,1H3,(H,17,18,19). The molecular weight excluding hydrogens is 411 g/mol. The number of rotatable bonds is 3. The summed E-state index contributed by atoms with van der Waals surface area (Å²) in [4.78, 5) is 12.5. The third-order valence-electron chi connectivity index (χ3n) is 3.46. The molecule has 0 unspecified atom stereocenters.